The minimum absolute atomic E-state index is 0.253. The number of benzene rings is 1. The standard InChI is InChI=1S/C18H24BrNO2/c1-17(2,3)15-14(12-4-6-13(19)7-5-12)18(15)8-10-20(11-9-18)16(21)22/h4-7,14-15H,8-11H2,1-3H3,(H,21,22). The lowest BCUT2D eigenvalue weighted by Crippen LogP contribution is -2.39. The van der Waals surface area contributed by atoms with Crippen molar-refractivity contribution < 1.29 is 9.90 Å². The molecule has 1 saturated heterocycles. The van der Waals surface area contributed by atoms with Gasteiger partial charge in [0.2, 0.25) is 0 Å². The Morgan fingerprint density at radius 3 is 2.23 bits per heavy atom. The van der Waals surface area contributed by atoms with Gasteiger partial charge in [0.1, 0.15) is 0 Å². The first-order valence-corrected chi connectivity index (χ1v) is 8.78. The smallest absolute Gasteiger partial charge is 0.407 e. The maximum Gasteiger partial charge on any atom is 0.407 e. The summed E-state index contributed by atoms with van der Waals surface area (Å²) in [4.78, 5) is 12.7. The van der Waals surface area contributed by atoms with Gasteiger partial charge in [0.05, 0.1) is 0 Å². The van der Waals surface area contributed by atoms with Crippen molar-refractivity contribution in [3.8, 4) is 0 Å². The minimum atomic E-state index is -0.775. The highest BCUT2D eigenvalue weighted by molar-refractivity contribution is 9.10. The molecule has 3 nitrogen and oxygen atoms in total. The zero-order valence-electron chi connectivity index (χ0n) is 13.5. The van der Waals surface area contributed by atoms with Gasteiger partial charge in [-0.2, -0.15) is 0 Å². The number of carboxylic acid groups (broad SMARTS) is 1. The molecular weight excluding hydrogens is 342 g/mol. The van der Waals surface area contributed by atoms with Crippen LogP contribution in [0.2, 0.25) is 0 Å². The van der Waals surface area contributed by atoms with Crippen LogP contribution >= 0.6 is 15.9 Å². The van der Waals surface area contributed by atoms with Crippen LogP contribution in [0.15, 0.2) is 28.7 Å². The van der Waals surface area contributed by atoms with Gasteiger partial charge in [0, 0.05) is 17.6 Å². The van der Waals surface area contributed by atoms with E-state index in [0.717, 1.165) is 17.3 Å². The summed E-state index contributed by atoms with van der Waals surface area (Å²) in [6, 6.07) is 8.69. The van der Waals surface area contributed by atoms with Crippen LogP contribution in [0, 0.1) is 16.7 Å². The average Bonchev–Trinajstić information content (AvgIpc) is 3.08. The van der Waals surface area contributed by atoms with Gasteiger partial charge in [-0.1, -0.05) is 48.8 Å². The second-order valence-electron chi connectivity index (χ2n) is 7.88. The van der Waals surface area contributed by atoms with E-state index in [1.165, 1.54) is 5.56 Å². The van der Waals surface area contributed by atoms with E-state index in [4.69, 9.17) is 0 Å². The predicted octanol–water partition coefficient (Wildman–Crippen LogP) is 4.97. The van der Waals surface area contributed by atoms with Crippen molar-refractivity contribution in [1.82, 2.24) is 4.90 Å². The summed E-state index contributed by atoms with van der Waals surface area (Å²) >= 11 is 3.51. The second kappa shape index (κ2) is 5.26. The van der Waals surface area contributed by atoms with Crippen LogP contribution in [0.4, 0.5) is 4.79 Å². The number of carbonyl (C=O) groups is 1. The highest BCUT2D eigenvalue weighted by Crippen LogP contribution is 2.74. The van der Waals surface area contributed by atoms with E-state index in [0.29, 0.717) is 24.9 Å². The maximum absolute atomic E-state index is 11.2. The number of rotatable bonds is 1. The third kappa shape index (κ3) is 2.55. The fraction of sp³-hybridized carbons (Fsp3) is 0.611. The number of halogens is 1. The van der Waals surface area contributed by atoms with Gasteiger partial charge in [-0.05, 0) is 53.2 Å². The lowest BCUT2D eigenvalue weighted by atomic mass is 9.80. The van der Waals surface area contributed by atoms with Gasteiger partial charge < -0.3 is 10.0 Å². The molecule has 1 heterocycles. The molecule has 1 amide bonds. The zero-order valence-corrected chi connectivity index (χ0v) is 15.1. The summed E-state index contributed by atoms with van der Waals surface area (Å²) < 4.78 is 1.11. The summed E-state index contributed by atoms with van der Waals surface area (Å²) in [5, 5.41) is 9.19. The number of piperidine rings is 1. The van der Waals surface area contributed by atoms with Crippen molar-refractivity contribution in [2.24, 2.45) is 16.7 Å². The average molecular weight is 366 g/mol. The second-order valence-corrected chi connectivity index (χ2v) is 8.79. The van der Waals surface area contributed by atoms with Gasteiger partial charge in [0.25, 0.3) is 0 Å². The summed E-state index contributed by atoms with van der Waals surface area (Å²) in [5.41, 5.74) is 1.95. The number of likely N-dealkylation sites (tertiary alicyclic amines) is 1. The SMILES string of the molecule is CC(C)(C)C1C(c2ccc(Br)cc2)C12CCN(C(=O)O)CC2. The first-order chi connectivity index (χ1) is 10.3. The van der Waals surface area contributed by atoms with Gasteiger partial charge in [-0.15, -0.1) is 0 Å². The largest absolute Gasteiger partial charge is 0.465 e. The third-order valence-corrected chi connectivity index (χ3v) is 6.12. The molecule has 1 spiro atoms. The van der Waals surface area contributed by atoms with E-state index >= 15 is 0 Å². The van der Waals surface area contributed by atoms with Crippen molar-refractivity contribution in [3.05, 3.63) is 34.3 Å². The lowest BCUT2D eigenvalue weighted by Gasteiger charge is -2.33. The number of nitrogens with zero attached hydrogens (tertiary/aromatic N) is 1. The molecule has 1 aromatic carbocycles. The molecule has 1 aromatic rings. The fourth-order valence-corrected chi connectivity index (χ4v) is 5.05. The van der Waals surface area contributed by atoms with E-state index in [1.807, 2.05) is 0 Å². The van der Waals surface area contributed by atoms with E-state index in [-0.39, 0.29) is 10.8 Å². The van der Waals surface area contributed by atoms with Crippen LogP contribution in [0.25, 0.3) is 0 Å². The van der Waals surface area contributed by atoms with E-state index < -0.39 is 6.09 Å². The molecule has 1 N–H and O–H groups in total. The molecule has 0 bridgehead atoms. The fourth-order valence-electron chi connectivity index (χ4n) is 4.78. The molecule has 1 aliphatic heterocycles. The van der Waals surface area contributed by atoms with Gasteiger partial charge >= 0.3 is 6.09 Å². The Hall–Kier alpha value is -1.03. The molecule has 1 saturated carbocycles. The van der Waals surface area contributed by atoms with Crippen LogP contribution in [-0.4, -0.2) is 29.2 Å². The molecule has 2 aliphatic rings. The Labute approximate surface area is 140 Å². The van der Waals surface area contributed by atoms with Gasteiger partial charge in [-0.3, -0.25) is 0 Å². The molecule has 22 heavy (non-hydrogen) atoms. The Kier molecular flexibility index (Phi) is 3.79. The Morgan fingerprint density at radius 2 is 1.77 bits per heavy atom. The molecule has 2 atom stereocenters. The van der Waals surface area contributed by atoms with Crippen molar-refractivity contribution in [2.45, 2.75) is 39.5 Å². The van der Waals surface area contributed by atoms with Crippen LogP contribution in [0.5, 0.6) is 0 Å². The van der Waals surface area contributed by atoms with Crippen LogP contribution in [0.1, 0.15) is 45.1 Å². The van der Waals surface area contributed by atoms with Crippen molar-refractivity contribution in [1.29, 1.82) is 0 Å². The number of hydrogen-bond donors (Lipinski definition) is 1. The highest BCUT2D eigenvalue weighted by Gasteiger charge is 2.68. The number of amides is 1. The minimum Gasteiger partial charge on any atom is -0.465 e. The van der Waals surface area contributed by atoms with E-state index in [2.05, 4.69) is 61.0 Å². The zero-order chi connectivity index (χ0) is 16.1. The summed E-state index contributed by atoms with van der Waals surface area (Å²) in [6.45, 7) is 8.31. The van der Waals surface area contributed by atoms with Crippen molar-refractivity contribution >= 4 is 22.0 Å². The molecule has 4 heteroatoms. The summed E-state index contributed by atoms with van der Waals surface area (Å²) in [5.74, 6) is 1.20. The molecule has 3 rings (SSSR count). The summed E-state index contributed by atoms with van der Waals surface area (Å²) in [6.07, 6.45) is 1.20. The lowest BCUT2D eigenvalue weighted by molar-refractivity contribution is 0.110. The Bertz CT molecular complexity index is 568. The quantitative estimate of drug-likeness (QED) is 0.762. The van der Waals surface area contributed by atoms with Crippen LogP contribution in [-0.2, 0) is 0 Å². The van der Waals surface area contributed by atoms with Crippen molar-refractivity contribution in [2.75, 3.05) is 13.1 Å². The topological polar surface area (TPSA) is 40.5 Å². The molecule has 2 unspecified atom stereocenters. The Balaban J connectivity index is 1.86. The molecular formula is C18H24BrNO2. The third-order valence-electron chi connectivity index (χ3n) is 5.59. The Morgan fingerprint density at radius 1 is 1.23 bits per heavy atom. The number of hydrogen-bond acceptors (Lipinski definition) is 1. The highest BCUT2D eigenvalue weighted by atomic mass is 79.9. The van der Waals surface area contributed by atoms with Crippen LogP contribution < -0.4 is 0 Å². The van der Waals surface area contributed by atoms with Gasteiger partial charge in [0.15, 0.2) is 0 Å². The van der Waals surface area contributed by atoms with Crippen LogP contribution in [0.3, 0.4) is 0 Å². The molecule has 120 valence electrons. The normalized spacial score (nSPS) is 27.0. The molecule has 0 aromatic heterocycles. The van der Waals surface area contributed by atoms with Crippen molar-refractivity contribution in [3.63, 3.8) is 0 Å². The van der Waals surface area contributed by atoms with E-state index in [1.54, 1.807) is 4.90 Å². The maximum atomic E-state index is 11.2. The first kappa shape index (κ1) is 15.9. The molecule has 1 aliphatic carbocycles. The first-order valence-electron chi connectivity index (χ1n) is 7.99. The monoisotopic (exact) mass is 365 g/mol. The predicted molar refractivity (Wildman–Crippen MR) is 91.1 cm³/mol. The molecule has 2 fully saturated rings. The van der Waals surface area contributed by atoms with E-state index in [9.17, 15) is 9.90 Å². The van der Waals surface area contributed by atoms with Gasteiger partial charge in [-0.25, -0.2) is 4.79 Å². The summed E-state index contributed by atoms with van der Waals surface area (Å²) in [7, 11) is 0. The molecule has 0 radical (unpaired) electrons.